The van der Waals surface area contributed by atoms with E-state index in [9.17, 15) is 4.79 Å². The van der Waals surface area contributed by atoms with E-state index in [0.717, 1.165) is 4.88 Å². The molecule has 3 heterocycles. The Hall–Kier alpha value is -2.72. The number of nitrogens with one attached hydrogen (secondary N) is 1. The smallest absolute Gasteiger partial charge is 0.266 e. The van der Waals surface area contributed by atoms with Gasteiger partial charge in [-0.15, -0.1) is 11.3 Å². The van der Waals surface area contributed by atoms with E-state index in [0.29, 0.717) is 29.5 Å². The lowest BCUT2D eigenvalue weighted by Crippen LogP contribution is -2.13. The number of thiophene rings is 1. The molecule has 7 heteroatoms. The highest BCUT2D eigenvalue weighted by atomic mass is 32.1. The van der Waals surface area contributed by atoms with Crippen LogP contribution in [0.25, 0.3) is 11.4 Å². The van der Waals surface area contributed by atoms with Crippen molar-refractivity contribution >= 4 is 11.3 Å². The van der Waals surface area contributed by atoms with Crippen LogP contribution in [0.4, 0.5) is 0 Å². The fourth-order valence-corrected chi connectivity index (χ4v) is 2.94. The van der Waals surface area contributed by atoms with E-state index in [-0.39, 0.29) is 11.1 Å². The predicted octanol–water partition coefficient (Wildman–Crippen LogP) is 2.23. The first-order valence-electron chi connectivity index (χ1n) is 6.66. The van der Waals surface area contributed by atoms with E-state index in [2.05, 4.69) is 15.1 Å². The Labute approximate surface area is 130 Å². The molecule has 0 amide bonds. The Kier molecular flexibility index (Phi) is 3.61. The van der Waals surface area contributed by atoms with Crippen LogP contribution >= 0.6 is 11.3 Å². The van der Waals surface area contributed by atoms with Crippen LogP contribution in [0.3, 0.4) is 0 Å². The molecule has 0 aliphatic rings. The molecule has 3 rings (SSSR count). The van der Waals surface area contributed by atoms with E-state index < -0.39 is 0 Å². The second kappa shape index (κ2) is 5.58. The van der Waals surface area contributed by atoms with Crippen LogP contribution in [-0.2, 0) is 6.54 Å². The topological polar surface area (TPSA) is 87.4 Å². The van der Waals surface area contributed by atoms with E-state index in [1.54, 1.807) is 29.0 Å². The summed E-state index contributed by atoms with van der Waals surface area (Å²) in [5.74, 6) is 1.30. The minimum atomic E-state index is -0.384. The summed E-state index contributed by atoms with van der Waals surface area (Å²) in [5, 5.41) is 15.5. The van der Waals surface area contributed by atoms with Crippen molar-refractivity contribution in [3.05, 3.63) is 55.9 Å². The zero-order valence-electron chi connectivity index (χ0n) is 12.1. The third-order valence-corrected chi connectivity index (χ3v) is 4.12. The number of hydrogen-bond acceptors (Lipinski definition) is 5. The summed E-state index contributed by atoms with van der Waals surface area (Å²) < 4.78 is 1.79. The van der Waals surface area contributed by atoms with Gasteiger partial charge in [0.2, 0.25) is 0 Å². The molecule has 0 spiro atoms. The first-order valence-corrected chi connectivity index (χ1v) is 7.54. The Morgan fingerprint density at radius 2 is 2.27 bits per heavy atom. The van der Waals surface area contributed by atoms with Gasteiger partial charge in [0.15, 0.2) is 5.82 Å². The summed E-state index contributed by atoms with van der Waals surface area (Å²) >= 11 is 1.65. The number of aromatic nitrogens is 4. The molecule has 0 saturated carbocycles. The highest BCUT2D eigenvalue weighted by Crippen LogP contribution is 2.22. The molecular weight excluding hydrogens is 298 g/mol. The Morgan fingerprint density at radius 1 is 1.45 bits per heavy atom. The van der Waals surface area contributed by atoms with Gasteiger partial charge in [-0.05, 0) is 31.4 Å². The Morgan fingerprint density at radius 3 is 2.95 bits per heavy atom. The molecule has 1 N–H and O–H groups in total. The fraction of sp³-hybridized carbons (Fsp3) is 0.200. The summed E-state index contributed by atoms with van der Waals surface area (Å²) in [4.78, 5) is 20.0. The first-order chi connectivity index (χ1) is 10.6. The van der Waals surface area contributed by atoms with Gasteiger partial charge in [0.1, 0.15) is 17.5 Å². The molecule has 0 atom stereocenters. The van der Waals surface area contributed by atoms with Gasteiger partial charge < -0.3 is 4.98 Å². The number of hydrogen-bond donors (Lipinski definition) is 1. The van der Waals surface area contributed by atoms with Gasteiger partial charge in [-0.1, -0.05) is 6.07 Å². The van der Waals surface area contributed by atoms with Crippen molar-refractivity contribution in [2.24, 2.45) is 0 Å². The molecule has 0 aliphatic heterocycles. The van der Waals surface area contributed by atoms with Crippen LogP contribution in [0.2, 0.25) is 0 Å². The average Bonchev–Trinajstić information content (AvgIpc) is 3.09. The summed E-state index contributed by atoms with van der Waals surface area (Å²) in [6.07, 6.45) is 0. The highest BCUT2D eigenvalue weighted by Gasteiger charge is 2.15. The lowest BCUT2D eigenvalue weighted by Gasteiger charge is -2.07. The average molecular weight is 311 g/mol. The largest absolute Gasteiger partial charge is 0.325 e. The quantitative estimate of drug-likeness (QED) is 0.803. The normalized spacial score (nSPS) is 10.6. The van der Waals surface area contributed by atoms with Crippen molar-refractivity contribution < 1.29 is 0 Å². The maximum absolute atomic E-state index is 11.7. The molecule has 3 aromatic heterocycles. The van der Waals surface area contributed by atoms with Crippen molar-refractivity contribution in [1.29, 1.82) is 5.26 Å². The molecular formula is C15H13N5OS. The zero-order chi connectivity index (χ0) is 15.7. The van der Waals surface area contributed by atoms with E-state index in [1.807, 2.05) is 30.5 Å². The lowest BCUT2D eigenvalue weighted by atomic mass is 10.1. The number of H-pyrrole nitrogens is 1. The molecule has 0 saturated heterocycles. The van der Waals surface area contributed by atoms with Gasteiger partial charge in [0.25, 0.3) is 5.56 Å². The van der Waals surface area contributed by atoms with Gasteiger partial charge >= 0.3 is 0 Å². The van der Waals surface area contributed by atoms with Crippen molar-refractivity contribution in [3.8, 4) is 17.5 Å². The summed E-state index contributed by atoms with van der Waals surface area (Å²) in [6.45, 7) is 4.21. The molecule has 0 radical (unpaired) electrons. The van der Waals surface area contributed by atoms with Crippen molar-refractivity contribution in [2.45, 2.75) is 20.4 Å². The molecule has 0 aromatic carbocycles. The van der Waals surface area contributed by atoms with Crippen LogP contribution in [-0.4, -0.2) is 19.7 Å². The maximum Gasteiger partial charge on any atom is 0.266 e. The van der Waals surface area contributed by atoms with Gasteiger partial charge in [-0.3, -0.25) is 4.79 Å². The second-order valence-electron chi connectivity index (χ2n) is 4.88. The Bertz CT molecular complexity index is 915. The third-order valence-electron chi connectivity index (χ3n) is 3.26. The van der Waals surface area contributed by atoms with E-state index >= 15 is 0 Å². The van der Waals surface area contributed by atoms with E-state index in [1.165, 1.54) is 0 Å². The highest BCUT2D eigenvalue weighted by molar-refractivity contribution is 7.09. The number of nitrogens with zero attached hydrogens (tertiary/aromatic N) is 4. The fourth-order valence-electron chi connectivity index (χ4n) is 2.25. The molecule has 0 aliphatic carbocycles. The number of aryl methyl sites for hydroxylation is 2. The first kappa shape index (κ1) is 14.2. The molecule has 0 fully saturated rings. The van der Waals surface area contributed by atoms with Crippen molar-refractivity contribution in [3.63, 3.8) is 0 Å². The minimum absolute atomic E-state index is 0.0731. The molecule has 0 unspecified atom stereocenters. The van der Waals surface area contributed by atoms with Gasteiger partial charge in [0, 0.05) is 16.1 Å². The molecule has 0 bridgehead atoms. The SMILES string of the molecule is Cc1nc(-c2cc(C#N)c(=O)[nH]c2C)n(Cc2cccs2)n1. The molecule has 6 nitrogen and oxygen atoms in total. The second-order valence-corrected chi connectivity index (χ2v) is 5.91. The van der Waals surface area contributed by atoms with Crippen LogP contribution in [0.15, 0.2) is 28.4 Å². The van der Waals surface area contributed by atoms with Crippen LogP contribution < -0.4 is 5.56 Å². The molecule has 110 valence electrons. The van der Waals surface area contributed by atoms with Crippen LogP contribution in [0.1, 0.15) is 22.0 Å². The monoisotopic (exact) mass is 311 g/mol. The van der Waals surface area contributed by atoms with Gasteiger partial charge in [-0.2, -0.15) is 10.4 Å². The number of pyridine rings is 1. The number of aromatic amines is 1. The van der Waals surface area contributed by atoms with Crippen molar-refractivity contribution in [2.75, 3.05) is 0 Å². The summed E-state index contributed by atoms with van der Waals surface area (Å²) in [5.41, 5.74) is 1.07. The standard InChI is InChI=1S/C15H13N5OS/c1-9-13(6-11(7-16)15(21)17-9)14-18-10(2)19-20(14)8-12-4-3-5-22-12/h3-6H,8H2,1-2H3,(H,17,21). The predicted molar refractivity (Wildman–Crippen MR) is 83.7 cm³/mol. The van der Waals surface area contributed by atoms with Crippen LogP contribution in [0, 0.1) is 25.2 Å². The minimum Gasteiger partial charge on any atom is -0.325 e. The maximum atomic E-state index is 11.7. The number of nitriles is 1. The lowest BCUT2D eigenvalue weighted by molar-refractivity contribution is 0.693. The molecule has 22 heavy (non-hydrogen) atoms. The third kappa shape index (κ3) is 2.56. The van der Waals surface area contributed by atoms with Gasteiger partial charge in [0.05, 0.1) is 6.54 Å². The van der Waals surface area contributed by atoms with Crippen LogP contribution in [0.5, 0.6) is 0 Å². The molecule has 3 aromatic rings. The van der Waals surface area contributed by atoms with E-state index in [4.69, 9.17) is 5.26 Å². The van der Waals surface area contributed by atoms with Crippen molar-refractivity contribution in [1.82, 2.24) is 19.7 Å². The number of rotatable bonds is 3. The summed E-state index contributed by atoms with van der Waals surface area (Å²) in [7, 11) is 0. The summed E-state index contributed by atoms with van der Waals surface area (Å²) in [6, 6.07) is 7.50. The van der Waals surface area contributed by atoms with Gasteiger partial charge in [-0.25, -0.2) is 9.67 Å². The zero-order valence-corrected chi connectivity index (χ0v) is 12.9. The Balaban J connectivity index is 2.13.